The van der Waals surface area contributed by atoms with E-state index in [0.717, 1.165) is 43.3 Å². The van der Waals surface area contributed by atoms with E-state index in [0.29, 0.717) is 25.7 Å². The number of hydrogen-bond donors (Lipinski definition) is 2. The Morgan fingerprint density at radius 1 is 1.13 bits per heavy atom. The molecule has 2 atom stereocenters. The van der Waals surface area contributed by atoms with Gasteiger partial charge in [-0.05, 0) is 30.5 Å². The lowest BCUT2D eigenvalue weighted by atomic mass is 9.95. The molecule has 168 valence electrons. The minimum atomic E-state index is 0.135. The Labute approximate surface area is 186 Å². The summed E-state index contributed by atoms with van der Waals surface area (Å²) in [5, 5.41) is 6.89. The maximum Gasteiger partial charge on any atom is 0.191 e. The van der Waals surface area contributed by atoms with Crippen LogP contribution in [0.25, 0.3) is 0 Å². The van der Waals surface area contributed by atoms with E-state index in [9.17, 15) is 0 Å². The van der Waals surface area contributed by atoms with Crippen LogP contribution in [-0.2, 0) is 16.0 Å². The van der Waals surface area contributed by atoms with E-state index in [4.69, 9.17) is 14.2 Å². The summed E-state index contributed by atoms with van der Waals surface area (Å²) in [6.07, 6.45) is 2.05. The molecule has 6 heteroatoms. The number of ether oxygens (including phenoxy) is 3. The van der Waals surface area contributed by atoms with Gasteiger partial charge >= 0.3 is 0 Å². The van der Waals surface area contributed by atoms with Crippen LogP contribution >= 0.6 is 0 Å². The molecular weight excluding hydrogens is 390 g/mol. The number of rotatable bonds is 10. The van der Waals surface area contributed by atoms with Gasteiger partial charge in [0.15, 0.2) is 5.96 Å². The summed E-state index contributed by atoms with van der Waals surface area (Å²) in [5.41, 5.74) is 3.53. The molecule has 0 spiro atoms. The Morgan fingerprint density at radius 2 is 1.97 bits per heavy atom. The second-order valence-corrected chi connectivity index (χ2v) is 7.86. The molecule has 2 N–H and O–H groups in total. The van der Waals surface area contributed by atoms with Crippen molar-refractivity contribution in [1.82, 2.24) is 10.6 Å². The fourth-order valence-electron chi connectivity index (χ4n) is 3.81. The summed E-state index contributed by atoms with van der Waals surface area (Å²) in [7, 11) is 3.51. The van der Waals surface area contributed by atoms with E-state index < -0.39 is 0 Å². The molecule has 3 rings (SSSR count). The molecule has 6 nitrogen and oxygen atoms in total. The van der Waals surface area contributed by atoms with Gasteiger partial charge in [-0.25, -0.2) is 0 Å². The number of benzene rings is 2. The minimum Gasteiger partial charge on any atom is -0.493 e. The molecule has 1 heterocycles. The van der Waals surface area contributed by atoms with Crippen molar-refractivity contribution in [3.63, 3.8) is 0 Å². The molecule has 0 aliphatic carbocycles. The van der Waals surface area contributed by atoms with Crippen molar-refractivity contribution in [3.05, 3.63) is 65.2 Å². The smallest absolute Gasteiger partial charge is 0.191 e. The van der Waals surface area contributed by atoms with Crippen molar-refractivity contribution in [3.8, 4) is 5.75 Å². The van der Waals surface area contributed by atoms with E-state index in [-0.39, 0.29) is 6.10 Å². The van der Waals surface area contributed by atoms with E-state index in [1.54, 1.807) is 14.2 Å². The van der Waals surface area contributed by atoms with Crippen molar-refractivity contribution in [2.45, 2.75) is 32.4 Å². The van der Waals surface area contributed by atoms with Crippen LogP contribution in [0.3, 0.4) is 0 Å². The lowest BCUT2D eigenvalue weighted by molar-refractivity contribution is 0.0915. The minimum absolute atomic E-state index is 0.135. The first-order chi connectivity index (χ1) is 15.2. The number of nitrogens with zero attached hydrogens (tertiary/aromatic N) is 1. The average Bonchev–Trinajstić information content (AvgIpc) is 3.27. The number of methoxy groups -OCH3 is 1. The number of nitrogens with one attached hydrogen (secondary N) is 2. The molecule has 2 aromatic rings. The van der Waals surface area contributed by atoms with Gasteiger partial charge in [-0.15, -0.1) is 0 Å². The Morgan fingerprint density at radius 3 is 2.74 bits per heavy atom. The maximum atomic E-state index is 6.00. The Bertz CT molecular complexity index is 826. The standard InChI is InChI=1S/C25H35N3O3/c1-19-10-11-21(23(16-19)30-14-7-13-29-3)17-27-25(26-2)28-18-22-12-15-31-24(22)20-8-5-4-6-9-20/h4-6,8-11,16,22,24H,7,12-15,17-18H2,1-3H3,(H2,26,27,28). The van der Waals surface area contributed by atoms with Crippen LogP contribution in [0, 0.1) is 12.8 Å². The highest BCUT2D eigenvalue weighted by Crippen LogP contribution is 2.33. The Kier molecular flexibility index (Phi) is 9.18. The number of hydrogen-bond acceptors (Lipinski definition) is 4. The lowest BCUT2D eigenvalue weighted by Gasteiger charge is -2.21. The summed E-state index contributed by atoms with van der Waals surface area (Å²) in [6, 6.07) is 16.8. The van der Waals surface area contributed by atoms with Crippen molar-refractivity contribution >= 4 is 5.96 Å². The van der Waals surface area contributed by atoms with Gasteiger partial charge in [0.2, 0.25) is 0 Å². The number of aryl methyl sites for hydroxylation is 1. The predicted octanol–water partition coefficient (Wildman–Crippen LogP) is 3.85. The maximum absolute atomic E-state index is 6.00. The first-order valence-corrected chi connectivity index (χ1v) is 11.0. The average molecular weight is 426 g/mol. The third-order valence-corrected chi connectivity index (χ3v) is 5.52. The SMILES string of the molecule is CN=C(NCc1ccc(C)cc1OCCCOC)NCC1CCOC1c1ccccc1. The second-order valence-electron chi connectivity index (χ2n) is 7.86. The van der Waals surface area contributed by atoms with Gasteiger partial charge in [0, 0.05) is 58.4 Å². The molecule has 31 heavy (non-hydrogen) atoms. The van der Waals surface area contributed by atoms with Gasteiger partial charge in [-0.2, -0.15) is 0 Å². The van der Waals surface area contributed by atoms with Crippen LogP contribution in [0.5, 0.6) is 5.75 Å². The molecule has 1 aliphatic rings. The van der Waals surface area contributed by atoms with E-state index in [2.05, 4.69) is 65.0 Å². The zero-order valence-corrected chi connectivity index (χ0v) is 18.9. The second kappa shape index (κ2) is 12.3. The summed E-state index contributed by atoms with van der Waals surface area (Å²) >= 11 is 0. The Hall–Kier alpha value is -2.57. The van der Waals surface area contributed by atoms with Crippen LogP contribution in [0.2, 0.25) is 0 Å². The highest BCUT2D eigenvalue weighted by atomic mass is 16.5. The van der Waals surface area contributed by atoms with Crippen molar-refractivity contribution in [2.75, 3.05) is 40.5 Å². The van der Waals surface area contributed by atoms with Crippen LogP contribution in [0.1, 0.15) is 35.6 Å². The van der Waals surface area contributed by atoms with Crippen LogP contribution in [-0.4, -0.2) is 46.5 Å². The largest absolute Gasteiger partial charge is 0.493 e. The molecule has 1 saturated heterocycles. The number of aliphatic imine (C=N–C) groups is 1. The molecule has 0 radical (unpaired) electrons. The van der Waals surface area contributed by atoms with Gasteiger partial charge in [0.1, 0.15) is 5.75 Å². The van der Waals surface area contributed by atoms with Gasteiger partial charge in [-0.3, -0.25) is 4.99 Å². The fourth-order valence-corrected chi connectivity index (χ4v) is 3.81. The van der Waals surface area contributed by atoms with Gasteiger partial charge in [0.25, 0.3) is 0 Å². The molecular formula is C25H35N3O3. The summed E-state index contributed by atoms with van der Waals surface area (Å²) in [4.78, 5) is 4.39. The molecule has 2 unspecified atom stereocenters. The summed E-state index contributed by atoms with van der Waals surface area (Å²) < 4.78 is 17.1. The van der Waals surface area contributed by atoms with E-state index >= 15 is 0 Å². The monoisotopic (exact) mass is 425 g/mol. The number of guanidine groups is 1. The highest BCUT2D eigenvalue weighted by Gasteiger charge is 2.29. The highest BCUT2D eigenvalue weighted by molar-refractivity contribution is 5.79. The van der Waals surface area contributed by atoms with Gasteiger partial charge in [0.05, 0.1) is 12.7 Å². The lowest BCUT2D eigenvalue weighted by Crippen LogP contribution is -2.40. The first-order valence-electron chi connectivity index (χ1n) is 11.0. The van der Waals surface area contributed by atoms with E-state index in [1.807, 2.05) is 6.07 Å². The molecule has 0 amide bonds. The molecule has 1 fully saturated rings. The fraction of sp³-hybridized carbons (Fsp3) is 0.480. The Balaban J connectivity index is 1.52. The quantitative estimate of drug-likeness (QED) is 0.344. The van der Waals surface area contributed by atoms with Crippen molar-refractivity contribution in [1.29, 1.82) is 0 Å². The molecule has 0 aromatic heterocycles. The first kappa shape index (κ1) is 23.1. The summed E-state index contributed by atoms with van der Waals surface area (Å²) in [6.45, 7) is 5.67. The molecule has 0 saturated carbocycles. The third kappa shape index (κ3) is 6.97. The van der Waals surface area contributed by atoms with Crippen molar-refractivity contribution < 1.29 is 14.2 Å². The normalized spacial score (nSPS) is 18.7. The topological polar surface area (TPSA) is 64.1 Å². The van der Waals surface area contributed by atoms with Gasteiger partial charge < -0.3 is 24.8 Å². The third-order valence-electron chi connectivity index (χ3n) is 5.52. The molecule has 1 aliphatic heterocycles. The zero-order valence-electron chi connectivity index (χ0n) is 18.9. The summed E-state index contributed by atoms with van der Waals surface area (Å²) in [5.74, 6) is 2.11. The van der Waals surface area contributed by atoms with Gasteiger partial charge in [-0.1, -0.05) is 42.5 Å². The molecule has 2 aromatic carbocycles. The van der Waals surface area contributed by atoms with Crippen LogP contribution in [0.4, 0.5) is 0 Å². The predicted molar refractivity (Wildman–Crippen MR) is 125 cm³/mol. The van der Waals surface area contributed by atoms with E-state index in [1.165, 1.54) is 11.1 Å². The van der Waals surface area contributed by atoms with Crippen LogP contribution < -0.4 is 15.4 Å². The zero-order chi connectivity index (χ0) is 21.9. The molecule has 0 bridgehead atoms. The van der Waals surface area contributed by atoms with Crippen molar-refractivity contribution in [2.24, 2.45) is 10.9 Å². The van der Waals surface area contributed by atoms with Crippen LogP contribution in [0.15, 0.2) is 53.5 Å².